The van der Waals surface area contributed by atoms with Gasteiger partial charge in [-0.3, -0.25) is 4.90 Å². The van der Waals surface area contributed by atoms with Crippen LogP contribution in [-0.2, 0) is 0 Å². The Kier molecular flexibility index (Phi) is 4.25. The molecule has 2 unspecified atom stereocenters. The van der Waals surface area contributed by atoms with E-state index in [9.17, 15) is 0 Å². The predicted molar refractivity (Wildman–Crippen MR) is 83.0 cm³/mol. The molecule has 0 bridgehead atoms. The minimum atomic E-state index is 0.510. The topological polar surface area (TPSA) is 29.3 Å². The largest absolute Gasteiger partial charge is 0.330 e. The number of nitrogens with two attached hydrogens (primary N) is 1. The third kappa shape index (κ3) is 2.88. The maximum atomic E-state index is 6.09. The Bertz CT molecular complexity index is 431. The molecular formula is C16H23BrN2. The fraction of sp³-hybridized carbons (Fsp3) is 0.625. The highest BCUT2D eigenvalue weighted by Crippen LogP contribution is 2.43. The van der Waals surface area contributed by atoms with E-state index in [1.165, 1.54) is 48.7 Å². The molecule has 1 aliphatic carbocycles. The molecule has 3 rings (SSSR count). The van der Waals surface area contributed by atoms with Crippen molar-refractivity contribution in [3.8, 4) is 0 Å². The van der Waals surface area contributed by atoms with E-state index in [1.807, 2.05) is 0 Å². The van der Waals surface area contributed by atoms with Crippen LogP contribution in [0.15, 0.2) is 28.7 Å². The molecule has 0 amide bonds. The van der Waals surface area contributed by atoms with Crippen molar-refractivity contribution in [1.29, 1.82) is 0 Å². The molecule has 0 radical (unpaired) electrons. The van der Waals surface area contributed by atoms with Crippen LogP contribution in [-0.4, -0.2) is 24.0 Å². The number of rotatable bonds is 3. The van der Waals surface area contributed by atoms with E-state index in [1.54, 1.807) is 0 Å². The highest BCUT2D eigenvalue weighted by Gasteiger charge is 2.39. The molecular weight excluding hydrogens is 300 g/mol. The van der Waals surface area contributed by atoms with Crippen molar-refractivity contribution in [2.24, 2.45) is 11.7 Å². The average Bonchev–Trinajstić information content (AvgIpc) is 3.25. The summed E-state index contributed by atoms with van der Waals surface area (Å²) in [5.74, 6) is 0.599. The quantitative estimate of drug-likeness (QED) is 0.919. The molecule has 2 fully saturated rings. The third-order valence-corrected chi connectivity index (χ3v) is 5.31. The molecule has 1 saturated heterocycles. The van der Waals surface area contributed by atoms with Gasteiger partial charge in [0.1, 0.15) is 0 Å². The first-order valence-electron chi connectivity index (χ1n) is 7.51. The van der Waals surface area contributed by atoms with Crippen LogP contribution in [0.4, 0.5) is 0 Å². The fourth-order valence-corrected chi connectivity index (χ4v) is 4.00. The Labute approximate surface area is 124 Å². The second-order valence-electron chi connectivity index (χ2n) is 5.93. The number of hydrogen-bond donors (Lipinski definition) is 1. The Morgan fingerprint density at radius 2 is 1.95 bits per heavy atom. The van der Waals surface area contributed by atoms with Crippen molar-refractivity contribution in [2.45, 2.75) is 44.2 Å². The van der Waals surface area contributed by atoms with E-state index in [0.29, 0.717) is 12.0 Å². The molecule has 104 valence electrons. The van der Waals surface area contributed by atoms with Crippen LogP contribution in [0.3, 0.4) is 0 Å². The second-order valence-corrected chi connectivity index (χ2v) is 6.78. The third-order valence-electron chi connectivity index (χ3n) is 4.59. The normalized spacial score (nSPS) is 29.2. The van der Waals surface area contributed by atoms with Crippen molar-refractivity contribution in [3.05, 3.63) is 34.3 Å². The van der Waals surface area contributed by atoms with Gasteiger partial charge in [-0.05, 0) is 56.3 Å². The molecule has 3 heteroatoms. The molecule has 1 aliphatic heterocycles. The summed E-state index contributed by atoms with van der Waals surface area (Å²) in [5, 5.41) is 0. The summed E-state index contributed by atoms with van der Waals surface area (Å²) in [4.78, 5) is 2.74. The van der Waals surface area contributed by atoms with Crippen LogP contribution in [0.25, 0.3) is 0 Å². The van der Waals surface area contributed by atoms with Gasteiger partial charge in [-0.25, -0.2) is 0 Å². The van der Waals surface area contributed by atoms with Crippen LogP contribution in [0.2, 0.25) is 0 Å². The Balaban J connectivity index is 1.96. The van der Waals surface area contributed by atoms with Crippen LogP contribution in [0.5, 0.6) is 0 Å². The molecule has 0 aromatic heterocycles. The van der Waals surface area contributed by atoms with Gasteiger partial charge in [-0.2, -0.15) is 0 Å². The molecule has 1 saturated carbocycles. The summed E-state index contributed by atoms with van der Waals surface area (Å²) >= 11 is 3.74. The van der Waals surface area contributed by atoms with Crippen molar-refractivity contribution in [2.75, 3.05) is 13.1 Å². The lowest BCUT2D eigenvalue weighted by molar-refractivity contribution is 0.148. The Hall–Kier alpha value is -0.380. The summed E-state index contributed by atoms with van der Waals surface area (Å²) in [6.45, 7) is 2.04. The fourth-order valence-electron chi connectivity index (χ4n) is 3.48. The average molecular weight is 323 g/mol. The maximum Gasteiger partial charge on any atom is 0.0402 e. The van der Waals surface area contributed by atoms with Gasteiger partial charge >= 0.3 is 0 Å². The number of likely N-dealkylation sites (tertiary alicyclic amines) is 1. The molecule has 0 spiro atoms. The molecule has 2 aliphatic rings. The summed E-state index contributed by atoms with van der Waals surface area (Å²) < 4.78 is 1.24. The van der Waals surface area contributed by atoms with Gasteiger partial charge in [0, 0.05) is 16.6 Å². The molecule has 1 heterocycles. The highest BCUT2D eigenvalue weighted by molar-refractivity contribution is 9.10. The lowest BCUT2D eigenvalue weighted by Gasteiger charge is -2.35. The molecule has 2 N–H and O–H groups in total. The first-order chi connectivity index (χ1) is 9.31. The van der Waals surface area contributed by atoms with Gasteiger partial charge in [0.2, 0.25) is 0 Å². The van der Waals surface area contributed by atoms with E-state index < -0.39 is 0 Å². The number of halogens is 1. The van der Waals surface area contributed by atoms with Gasteiger partial charge in [0.25, 0.3) is 0 Å². The summed E-state index contributed by atoms with van der Waals surface area (Å²) in [5.41, 5.74) is 7.53. The molecule has 2 nitrogen and oxygen atoms in total. The summed E-state index contributed by atoms with van der Waals surface area (Å²) in [6.07, 6.45) is 6.67. The number of benzene rings is 1. The standard InChI is InChI=1S/C16H23BrN2/c17-15-7-2-1-6-14(15)16-12(11-18)5-3-4-10-19(16)13-8-9-13/h1-2,6-7,12-13,16H,3-5,8-11,18H2. The van der Waals surface area contributed by atoms with Crippen LogP contribution >= 0.6 is 15.9 Å². The number of hydrogen-bond acceptors (Lipinski definition) is 2. The van der Waals surface area contributed by atoms with Crippen molar-refractivity contribution in [3.63, 3.8) is 0 Å². The van der Waals surface area contributed by atoms with Gasteiger partial charge in [0.05, 0.1) is 0 Å². The van der Waals surface area contributed by atoms with E-state index in [2.05, 4.69) is 45.1 Å². The smallest absolute Gasteiger partial charge is 0.0402 e. The van der Waals surface area contributed by atoms with Gasteiger partial charge < -0.3 is 5.73 Å². The monoisotopic (exact) mass is 322 g/mol. The minimum absolute atomic E-state index is 0.510. The molecule has 1 aromatic rings. The van der Waals surface area contributed by atoms with Crippen LogP contribution in [0, 0.1) is 5.92 Å². The second kappa shape index (κ2) is 5.94. The van der Waals surface area contributed by atoms with Gasteiger partial charge in [-0.1, -0.05) is 40.5 Å². The molecule has 2 atom stereocenters. The Morgan fingerprint density at radius 1 is 1.16 bits per heavy atom. The van der Waals surface area contributed by atoms with E-state index in [4.69, 9.17) is 5.73 Å². The zero-order chi connectivity index (χ0) is 13.2. The first kappa shape index (κ1) is 13.6. The number of nitrogens with zero attached hydrogens (tertiary/aromatic N) is 1. The van der Waals surface area contributed by atoms with Gasteiger partial charge in [-0.15, -0.1) is 0 Å². The minimum Gasteiger partial charge on any atom is -0.330 e. The van der Waals surface area contributed by atoms with Crippen LogP contribution in [0.1, 0.15) is 43.7 Å². The SMILES string of the molecule is NCC1CCCCN(C2CC2)C1c1ccccc1Br. The first-order valence-corrected chi connectivity index (χ1v) is 8.31. The van der Waals surface area contributed by atoms with Crippen molar-refractivity contribution >= 4 is 15.9 Å². The summed E-state index contributed by atoms with van der Waals surface area (Å²) in [6, 6.07) is 10.0. The van der Waals surface area contributed by atoms with Crippen LogP contribution < -0.4 is 5.73 Å². The van der Waals surface area contributed by atoms with E-state index in [-0.39, 0.29) is 0 Å². The maximum absolute atomic E-state index is 6.09. The molecule has 1 aromatic carbocycles. The summed E-state index contributed by atoms with van der Waals surface area (Å²) in [7, 11) is 0. The van der Waals surface area contributed by atoms with E-state index in [0.717, 1.165) is 12.6 Å². The van der Waals surface area contributed by atoms with Crippen molar-refractivity contribution < 1.29 is 0 Å². The lowest BCUT2D eigenvalue weighted by Crippen LogP contribution is -2.37. The highest BCUT2D eigenvalue weighted by atomic mass is 79.9. The predicted octanol–water partition coefficient (Wildman–Crippen LogP) is 3.71. The van der Waals surface area contributed by atoms with E-state index >= 15 is 0 Å². The van der Waals surface area contributed by atoms with Gasteiger partial charge in [0.15, 0.2) is 0 Å². The zero-order valence-corrected chi connectivity index (χ0v) is 13.0. The zero-order valence-electron chi connectivity index (χ0n) is 11.4. The molecule has 19 heavy (non-hydrogen) atoms. The lowest BCUT2D eigenvalue weighted by atomic mass is 9.89. The Morgan fingerprint density at radius 3 is 2.63 bits per heavy atom. The van der Waals surface area contributed by atoms with Crippen molar-refractivity contribution in [1.82, 2.24) is 4.90 Å².